The first-order valence-corrected chi connectivity index (χ1v) is 7.84. The number of carbonyl (C=O) groups is 2. The molecule has 1 amide bonds. The Balaban J connectivity index is 2.09. The number of hydrogen-bond acceptors (Lipinski definition) is 4. The lowest BCUT2D eigenvalue weighted by Crippen LogP contribution is -2.14. The average Bonchev–Trinajstić information content (AvgIpc) is 2.57. The molecule has 2 rings (SSSR count). The Kier molecular flexibility index (Phi) is 5.93. The van der Waals surface area contributed by atoms with Gasteiger partial charge >= 0.3 is 0 Å². The number of carbonyl (C=O) groups excluding carboxylic acids is 2. The summed E-state index contributed by atoms with van der Waals surface area (Å²) in [6, 6.07) is 13.6. The van der Waals surface area contributed by atoms with Crippen LogP contribution in [0.5, 0.6) is 0 Å². The van der Waals surface area contributed by atoms with Crippen LogP contribution in [0.4, 0.5) is 11.4 Å². The van der Waals surface area contributed by atoms with E-state index in [0.29, 0.717) is 16.3 Å². The summed E-state index contributed by atoms with van der Waals surface area (Å²) in [5.74, 6) is -0.602. The van der Waals surface area contributed by atoms with Gasteiger partial charge in [-0.2, -0.15) is 5.26 Å². The van der Waals surface area contributed by atoms with Crippen molar-refractivity contribution in [2.45, 2.75) is 13.8 Å². The molecule has 0 heterocycles. The van der Waals surface area contributed by atoms with Crippen LogP contribution in [0, 0.1) is 18.3 Å². The molecule has 0 unspecified atom stereocenters. The number of benzene rings is 2. The van der Waals surface area contributed by atoms with E-state index in [2.05, 4.69) is 10.6 Å². The van der Waals surface area contributed by atoms with Gasteiger partial charge in [0, 0.05) is 28.2 Å². The van der Waals surface area contributed by atoms with Crippen molar-refractivity contribution in [2.24, 2.45) is 0 Å². The highest BCUT2D eigenvalue weighted by Crippen LogP contribution is 2.20. The molecule has 0 aliphatic carbocycles. The zero-order chi connectivity index (χ0) is 18.4. The molecule has 0 atom stereocenters. The second kappa shape index (κ2) is 8.13. The maximum Gasteiger partial charge on any atom is 0.267 e. The molecule has 0 spiro atoms. The number of rotatable bonds is 5. The minimum atomic E-state index is -0.544. The van der Waals surface area contributed by atoms with E-state index >= 15 is 0 Å². The molecule has 0 saturated heterocycles. The van der Waals surface area contributed by atoms with E-state index in [4.69, 9.17) is 11.6 Å². The van der Waals surface area contributed by atoms with Crippen molar-refractivity contribution in [2.75, 3.05) is 10.6 Å². The minimum absolute atomic E-state index is 0.0574. The number of hydrogen-bond donors (Lipinski definition) is 2. The summed E-state index contributed by atoms with van der Waals surface area (Å²) in [6.07, 6.45) is 1.34. The van der Waals surface area contributed by atoms with Crippen LogP contribution in [0.2, 0.25) is 5.02 Å². The van der Waals surface area contributed by atoms with Gasteiger partial charge in [-0.15, -0.1) is 0 Å². The Morgan fingerprint density at radius 2 is 1.84 bits per heavy atom. The molecule has 0 bridgehead atoms. The SMILES string of the molecule is CC(=O)c1ccc(NC(=O)/C(C#N)=C\Nc2ccc(Cl)cc2C)cc1. The molecule has 2 aromatic carbocycles. The smallest absolute Gasteiger partial charge is 0.267 e. The van der Waals surface area contributed by atoms with E-state index in [9.17, 15) is 14.9 Å². The van der Waals surface area contributed by atoms with Crippen LogP contribution in [-0.2, 0) is 4.79 Å². The van der Waals surface area contributed by atoms with E-state index in [1.165, 1.54) is 13.1 Å². The zero-order valence-corrected chi connectivity index (χ0v) is 14.5. The fraction of sp³-hybridized carbons (Fsp3) is 0.105. The van der Waals surface area contributed by atoms with Gasteiger partial charge in [-0.25, -0.2) is 0 Å². The monoisotopic (exact) mass is 353 g/mol. The molecule has 0 aliphatic heterocycles. The van der Waals surface area contributed by atoms with Gasteiger partial charge < -0.3 is 10.6 Å². The van der Waals surface area contributed by atoms with E-state index in [1.54, 1.807) is 42.5 Å². The molecule has 0 radical (unpaired) electrons. The summed E-state index contributed by atoms with van der Waals surface area (Å²) in [6.45, 7) is 3.33. The Morgan fingerprint density at radius 3 is 2.40 bits per heavy atom. The molecular weight excluding hydrogens is 338 g/mol. The van der Waals surface area contributed by atoms with Crippen molar-refractivity contribution in [3.05, 3.63) is 70.4 Å². The summed E-state index contributed by atoms with van der Waals surface area (Å²) < 4.78 is 0. The predicted molar refractivity (Wildman–Crippen MR) is 98.6 cm³/mol. The number of Topliss-reactive ketones (excluding diaryl/α,β-unsaturated/α-hetero) is 1. The standard InChI is InChI=1S/C19H16ClN3O2/c1-12-9-16(20)5-8-18(12)22-11-15(10-21)19(25)23-17-6-3-14(4-7-17)13(2)24/h3-9,11,22H,1-2H3,(H,23,25)/b15-11-. The van der Waals surface area contributed by atoms with Gasteiger partial charge in [0.1, 0.15) is 11.6 Å². The Labute approximate surface area is 150 Å². The van der Waals surface area contributed by atoms with E-state index < -0.39 is 5.91 Å². The number of aryl methyl sites for hydroxylation is 1. The Morgan fingerprint density at radius 1 is 1.16 bits per heavy atom. The normalized spacial score (nSPS) is 10.7. The van der Waals surface area contributed by atoms with Gasteiger partial charge in [0.15, 0.2) is 5.78 Å². The molecule has 2 aromatic rings. The van der Waals surface area contributed by atoms with Gasteiger partial charge in [-0.05, 0) is 61.9 Å². The van der Waals surface area contributed by atoms with Gasteiger partial charge in [0.05, 0.1) is 0 Å². The Hall–Kier alpha value is -3.10. The lowest BCUT2D eigenvalue weighted by molar-refractivity contribution is -0.112. The maximum atomic E-state index is 12.2. The number of nitrogens with one attached hydrogen (secondary N) is 2. The quantitative estimate of drug-likeness (QED) is 0.476. The number of anilines is 2. The highest BCUT2D eigenvalue weighted by molar-refractivity contribution is 6.30. The van der Waals surface area contributed by atoms with Gasteiger partial charge in [-0.3, -0.25) is 9.59 Å². The van der Waals surface area contributed by atoms with Crippen molar-refractivity contribution in [3.8, 4) is 6.07 Å². The number of nitriles is 1. The molecule has 0 saturated carbocycles. The van der Waals surface area contributed by atoms with Crippen molar-refractivity contribution in [1.82, 2.24) is 0 Å². The highest BCUT2D eigenvalue weighted by atomic mass is 35.5. The van der Waals surface area contributed by atoms with Gasteiger partial charge in [-0.1, -0.05) is 11.6 Å². The highest BCUT2D eigenvalue weighted by Gasteiger charge is 2.10. The first-order valence-electron chi connectivity index (χ1n) is 7.46. The molecular formula is C19H16ClN3O2. The third-order valence-corrected chi connectivity index (χ3v) is 3.71. The van der Waals surface area contributed by atoms with Crippen molar-refractivity contribution < 1.29 is 9.59 Å². The fourth-order valence-corrected chi connectivity index (χ4v) is 2.30. The van der Waals surface area contributed by atoms with E-state index in [1.807, 2.05) is 13.0 Å². The second-order valence-electron chi connectivity index (χ2n) is 5.36. The van der Waals surface area contributed by atoms with Gasteiger partial charge in [0.2, 0.25) is 0 Å². The zero-order valence-electron chi connectivity index (χ0n) is 13.8. The number of amides is 1. The van der Waals surface area contributed by atoms with Crippen LogP contribution < -0.4 is 10.6 Å². The molecule has 25 heavy (non-hydrogen) atoms. The Bertz CT molecular complexity index is 881. The van der Waals surface area contributed by atoms with Crippen LogP contribution in [-0.4, -0.2) is 11.7 Å². The molecule has 6 heteroatoms. The molecule has 0 aromatic heterocycles. The topological polar surface area (TPSA) is 82.0 Å². The lowest BCUT2D eigenvalue weighted by atomic mass is 10.1. The number of halogens is 1. The summed E-state index contributed by atoms with van der Waals surface area (Å²) in [5, 5.41) is 15.4. The predicted octanol–water partition coefficient (Wildman–Crippen LogP) is 4.31. The molecule has 126 valence electrons. The fourth-order valence-electron chi connectivity index (χ4n) is 2.07. The molecule has 0 aliphatic rings. The number of nitrogens with zero attached hydrogens (tertiary/aromatic N) is 1. The average molecular weight is 354 g/mol. The van der Waals surface area contributed by atoms with Crippen molar-refractivity contribution in [1.29, 1.82) is 5.26 Å². The molecule has 2 N–H and O–H groups in total. The van der Waals surface area contributed by atoms with Crippen LogP contribution in [0.1, 0.15) is 22.8 Å². The van der Waals surface area contributed by atoms with Crippen molar-refractivity contribution >= 4 is 34.7 Å². The summed E-state index contributed by atoms with van der Waals surface area (Å²) in [7, 11) is 0. The third-order valence-electron chi connectivity index (χ3n) is 3.47. The molecule has 5 nitrogen and oxygen atoms in total. The summed E-state index contributed by atoms with van der Waals surface area (Å²) >= 11 is 5.90. The van der Waals surface area contributed by atoms with Gasteiger partial charge in [0.25, 0.3) is 5.91 Å². The largest absolute Gasteiger partial charge is 0.360 e. The summed E-state index contributed by atoms with van der Waals surface area (Å²) in [4.78, 5) is 23.4. The van der Waals surface area contributed by atoms with Crippen LogP contribution in [0.15, 0.2) is 54.2 Å². The van der Waals surface area contributed by atoms with Crippen LogP contribution in [0.25, 0.3) is 0 Å². The first-order chi connectivity index (χ1) is 11.9. The van der Waals surface area contributed by atoms with Crippen molar-refractivity contribution in [3.63, 3.8) is 0 Å². The minimum Gasteiger partial charge on any atom is -0.360 e. The summed E-state index contributed by atoms with van der Waals surface area (Å²) in [5.41, 5.74) is 2.61. The first kappa shape index (κ1) is 18.2. The third kappa shape index (κ3) is 4.93. The van der Waals surface area contributed by atoms with E-state index in [0.717, 1.165) is 11.3 Å². The second-order valence-corrected chi connectivity index (χ2v) is 5.80. The number of ketones is 1. The van der Waals surface area contributed by atoms with Crippen LogP contribution in [0.3, 0.4) is 0 Å². The maximum absolute atomic E-state index is 12.2. The molecule has 0 fully saturated rings. The van der Waals surface area contributed by atoms with E-state index in [-0.39, 0.29) is 11.4 Å². The van der Waals surface area contributed by atoms with Crippen LogP contribution >= 0.6 is 11.6 Å². The lowest BCUT2D eigenvalue weighted by Gasteiger charge is -2.08.